The zero-order chi connectivity index (χ0) is 19.2. The number of carbonyl (C=O) groups excluding carboxylic acids is 1. The number of hydrogen-bond acceptors (Lipinski definition) is 4. The van der Waals surface area contributed by atoms with Crippen molar-refractivity contribution in [3.63, 3.8) is 0 Å². The second kappa shape index (κ2) is 6.46. The van der Waals surface area contributed by atoms with Crippen molar-refractivity contribution in [2.75, 3.05) is 5.32 Å². The number of nitrogens with zero attached hydrogens (tertiary/aromatic N) is 3. The van der Waals surface area contributed by atoms with Crippen molar-refractivity contribution in [1.82, 2.24) is 14.4 Å². The number of nitrogens with one attached hydrogen (secondary N) is 1. The number of aryl methyl sites for hydroxylation is 1. The maximum atomic E-state index is 12.6. The van der Waals surface area contributed by atoms with Crippen LogP contribution in [-0.2, 0) is 4.79 Å². The van der Waals surface area contributed by atoms with Crippen LogP contribution in [0.25, 0.3) is 26.6 Å². The predicted molar refractivity (Wildman–Crippen MR) is 111 cm³/mol. The van der Waals surface area contributed by atoms with Gasteiger partial charge in [-0.2, -0.15) is 0 Å². The Labute approximate surface area is 162 Å². The van der Waals surface area contributed by atoms with Crippen molar-refractivity contribution in [3.05, 3.63) is 48.2 Å². The van der Waals surface area contributed by atoms with Crippen LogP contribution in [0.4, 0.5) is 5.82 Å². The summed E-state index contributed by atoms with van der Waals surface area (Å²) in [5, 5.41) is 3.87. The molecule has 0 bridgehead atoms. The van der Waals surface area contributed by atoms with Crippen LogP contribution >= 0.6 is 11.3 Å². The highest BCUT2D eigenvalue weighted by Gasteiger charge is 2.22. The molecule has 0 radical (unpaired) electrons. The average Bonchev–Trinajstić information content (AvgIpc) is 3.14. The topological polar surface area (TPSA) is 59.3 Å². The largest absolute Gasteiger partial charge is 0.309 e. The molecule has 0 saturated heterocycles. The lowest BCUT2D eigenvalue weighted by molar-refractivity contribution is -0.117. The predicted octanol–water partition coefficient (Wildman–Crippen LogP) is 5.29. The number of rotatable bonds is 3. The van der Waals surface area contributed by atoms with E-state index in [0.29, 0.717) is 12.2 Å². The van der Waals surface area contributed by atoms with Gasteiger partial charge in [0, 0.05) is 12.1 Å². The number of thiazole rings is 1. The Hall–Kier alpha value is -2.73. The standard InChI is InChI=1S/C21H22N4OS/c1-13-8-7-11-16-23-19(24-17(26)12-21(2,3)4)18(25(13)16)20-22-14-9-5-6-10-15(14)27-20/h5-11H,12H2,1-4H3,(H,24,26). The summed E-state index contributed by atoms with van der Waals surface area (Å²) in [6, 6.07) is 14.0. The maximum Gasteiger partial charge on any atom is 0.226 e. The molecule has 1 aromatic carbocycles. The van der Waals surface area contributed by atoms with Gasteiger partial charge in [-0.3, -0.25) is 9.20 Å². The minimum Gasteiger partial charge on any atom is -0.309 e. The van der Waals surface area contributed by atoms with Gasteiger partial charge in [0.2, 0.25) is 5.91 Å². The van der Waals surface area contributed by atoms with Gasteiger partial charge in [-0.15, -0.1) is 11.3 Å². The smallest absolute Gasteiger partial charge is 0.226 e. The molecule has 6 heteroatoms. The summed E-state index contributed by atoms with van der Waals surface area (Å²) in [5.41, 5.74) is 3.55. The van der Waals surface area contributed by atoms with E-state index in [1.54, 1.807) is 11.3 Å². The molecule has 0 fully saturated rings. The van der Waals surface area contributed by atoms with Crippen LogP contribution in [0.2, 0.25) is 0 Å². The number of fused-ring (bicyclic) bond motifs is 2. The third-order valence-electron chi connectivity index (χ3n) is 4.28. The van der Waals surface area contributed by atoms with E-state index in [1.807, 2.05) is 43.3 Å². The Kier molecular flexibility index (Phi) is 4.23. The molecule has 1 amide bonds. The number of para-hydroxylation sites is 1. The van der Waals surface area contributed by atoms with Crippen molar-refractivity contribution in [2.45, 2.75) is 34.1 Å². The Morgan fingerprint density at radius 3 is 2.63 bits per heavy atom. The molecule has 3 heterocycles. The summed E-state index contributed by atoms with van der Waals surface area (Å²) in [6.45, 7) is 8.19. The number of pyridine rings is 1. The third kappa shape index (κ3) is 3.45. The molecule has 5 nitrogen and oxygen atoms in total. The summed E-state index contributed by atoms with van der Waals surface area (Å²) >= 11 is 1.61. The van der Waals surface area contributed by atoms with Gasteiger partial charge >= 0.3 is 0 Å². The van der Waals surface area contributed by atoms with Crippen molar-refractivity contribution in [1.29, 1.82) is 0 Å². The van der Waals surface area contributed by atoms with Crippen LogP contribution < -0.4 is 5.32 Å². The first kappa shape index (κ1) is 17.7. The third-order valence-corrected chi connectivity index (χ3v) is 5.33. The average molecular weight is 379 g/mol. The first-order valence-electron chi connectivity index (χ1n) is 8.96. The summed E-state index contributed by atoms with van der Waals surface area (Å²) in [4.78, 5) is 22.1. The van der Waals surface area contributed by atoms with Crippen LogP contribution in [0.1, 0.15) is 32.9 Å². The van der Waals surface area contributed by atoms with E-state index in [4.69, 9.17) is 4.98 Å². The number of hydrogen-bond donors (Lipinski definition) is 1. The molecule has 4 rings (SSSR count). The van der Waals surface area contributed by atoms with Crippen LogP contribution in [0.15, 0.2) is 42.5 Å². The Morgan fingerprint density at radius 2 is 1.89 bits per heavy atom. The highest BCUT2D eigenvalue weighted by molar-refractivity contribution is 7.21. The van der Waals surface area contributed by atoms with E-state index < -0.39 is 0 Å². The normalized spacial score (nSPS) is 12.0. The maximum absolute atomic E-state index is 12.6. The lowest BCUT2D eigenvalue weighted by Gasteiger charge is -2.16. The Balaban J connectivity index is 1.87. The fourth-order valence-electron chi connectivity index (χ4n) is 3.17. The molecule has 138 valence electrons. The van der Waals surface area contributed by atoms with Gasteiger partial charge in [-0.25, -0.2) is 9.97 Å². The summed E-state index contributed by atoms with van der Waals surface area (Å²) in [7, 11) is 0. The summed E-state index contributed by atoms with van der Waals surface area (Å²) in [5.74, 6) is 0.531. The first-order valence-corrected chi connectivity index (χ1v) is 9.77. The van der Waals surface area contributed by atoms with E-state index in [1.165, 1.54) is 0 Å². The summed E-state index contributed by atoms with van der Waals surface area (Å²) in [6.07, 6.45) is 0.430. The number of amides is 1. The molecule has 0 unspecified atom stereocenters. The lowest BCUT2D eigenvalue weighted by atomic mass is 9.92. The van der Waals surface area contributed by atoms with Crippen LogP contribution in [0, 0.1) is 12.3 Å². The molecule has 0 saturated carbocycles. The Morgan fingerprint density at radius 1 is 1.11 bits per heavy atom. The Bertz CT molecular complexity index is 1120. The highest BCUT2D eigenvalue weighted by atomic mass is 32.1. The zero-order valence-corrected chi connectivity index (χ0v) is 16.7. The molecular formula is C21H22N4OS. The van der Waals surface area contributed by atoms with E-state index in [9.17, 15) is 4.79 Å². The second-order valence-corrected chi connectivity index (χ2v) is 8.97. The van der Waals surface area contributed by atoms with Crippen LogP contribution in [0.5, 0.6) is 0 Å². The number of aromatic nitrogens is 3. The molecule has 0 aliphatic rings. The molecule has 4 aromatic rings. The number of carbonyl (C=O) groups is 1. The quantitative estimate of drug-likeness (QED) is 0.527. The van der Waals surface area contributed by atoms with Crippen LogP contribution in [-0.4, -0.2) is 20.3 Å². The molecular weight excluding hydrogens is 356 g/mol. The number of anilines is 1. The summed E-state index contributed by atoms with van der Waals surface area (Å²) < 4.78 is 3.17. The highest BCUT2D eigenvalue weighted by Crippen LogP contribution is 2.36. The van der Waals surface area contributed by atoms with Gasteiger partial charge in [-0.05, 0) is 36.6 Å². The van der Waals surface area contributed by atoms with Gasteiger partial charge in [0.1, 0.15) is 16.3 Å². The number of benzene rings is 1. The molecule has 0 atom stereocenters. The zero-order valence-electron chi connectivity index (χ0n) is 15.9. The van der Waals surface area contributed by atoms with E-state index in [0.717, 1.165) is 32.3 Å². The van der Waals surface area contributed by atoms with Gasteiger partial charge < -0.3 is 5.32 Å². The molecule has 1 N–H and O–H groups in total. The minimum absolute atomic E-state index is 0.0362. The molecule has 0 aliphatic carbocycles. The van der Waals surface area contributed by atoms with Crippen LogP contribution in [0.3, 0.4) is 0 Å². The minimum atomic E-state index is -0.0881. The van der Waals surface area contributed by atoms with Crippen molar-refractivity contribution in [3.8, 4) is 10.7 Å². The molecule has 3 aromatic heterocycles. The van der Waals surface area contributed by atoms with Gasteiger partial charge in [0.25, 0.3) is 0 Å². The molecule has 0 aliphatic heterocycles. The fourth-order valence-corrected chi connectivity index (χ4v) is 4.17. The monoisotopic (exact) mass is 378 g/mol. The molecule has 27 heavy (non-hydrogen) atoms. The van der Waals surface area contributed by atoms with Crippen molar-refractivity contribution in [2.24, 2.45) is 5.41 Å². The van der Waals surface area contributed by atoms with Gasteiger partial charge in [-0.1, -0.05) is 39.0 Å². The fraction of sp³-hybridized carbons (Fsp3) is 0.286. The van der Waals surface area contributed by atoms with Crippen molar-refractivity contribution < 1.29 is 4.79 Å². The lowest BCUT2D eigenvalue weighted by Crippen LogP contribution is -2.20. The SMILES string of the molecule is Cc1cccc2nc(NC(=O)CC(C)(C)C)c(-c3nc4ccccc4s3)n12. The first-order chi connectivity index (χ1) is 12.8. The van der Waals surface area contributed by atoms with Crippen molar-refractivity contribution >= 4 is 38.9 Å². The molecule has 0 spiro atoms. The number of imidazole rings is 1. The van der Waals surface area contributed by atoms with Gasteiger partial charge in [0.05, 0.1) is 10.2 Å². The van der Waals surface area contributed by atoms with E-state index in [-0.39, 0.29) is 11.3 Å². The van der Waals surface area contributed by atoms with E-state index in [2.05, 4.69) is 41.5 Å². The van der Waals surface area contributed by atoms with E-state index >= 15 is 0 Å². The second-order valence-electron chi connectivity index (χ2n) is 7.94. The van der Waals surface area contributed by atoms with Gasteiger partial charge in [0.15, 0.2) is 5.82 Å².